The van der Waals surface area contributed by atoms with Crippen LogP contribution in [0.25, 0.3) is 0 Å². The summed E-state index contributed by atoms with van der Waals surface area (Å²) in [5, 5.41) is 6.54. The standard InChI is InChI=1S/C17H24N2O.ClH/c20-17(19-15-8-4-10-18-12-15)11-14-7-3-6-13-5-1-2-9-16(13)14;/h1-2,5,9,14-15,18H,3-4,6-8,10-12H2,(H,19,20);1H. The average Bonchev–Trinajstić information content (AvgIpc) is 2.48. The van der Waals surface area contributed by atoms with Crippen LogP contribution in [0.5, 0.6) is 0 Å². The molecule has 0 saturated carbocycles. The molecule has 0 radical (unpaired) electrons. The van der Waals surface area contributed by atoms with Crippen molar-refractivity contribution in [3.8, 4) is 0 Å². The molecule has 2 N–H and O–H groups in total. The Bertz CT molecular complexity index is 472. The molecule has 1 aromatic carbocycles. The van der Waals surface area contributed by atoms with E-state index >= 15 is 0 Å². The number of halogens is 1. The molecule has 1 fully saturated rings. The molecular formula is C17H25ClN2O. The molecule has 0 spiro atoms. The minimum Gasteiger partial charge on any atom is -0.352 e. The van der Waals surface area contributed by atoms with Crippen LogP contribution >= 0.6 is 12.4 Å². The van der Waals surface area contributed by atoms with Crippen molar-refractivity contribution in [2.45, 2.75) is 50.5 Å². The molecule has 3 nitrogen and oxygen atoms in total. The van der Waals surface area contributed by atoms with E-state index in [1.807, 2.05) is 0 Å². The quantitative estimate of drug-likeness (QED) is 0.901. The molecule has 0 aromatic heterocycles. The smallest absolute Gasteiger partial charge is 0.220 e. The largest absolute Gasteiger partial charge is 0.352 e. The zero-order valence-corrected chi connectivity index (χ0v) is 13.3. The monoisotopic (exact) mass is 308 g/mol. The second-order valence-corrected chi connectivity index (χ2v) is 6.10. The highest BCUT2D eigenvalue weighted by Gasteiger charge is 2.23. The van der Waals surface area contributed by atoms with Crippen LogP contribution in [-0.2, 0) is 11.2 Å². The number of aryl methyl sites for hydroxylation is 1. The van der Waals surface area contributed by atoms with Gasteiger partial charge in [0.1, 0.15) is 0 Å². The Morgan fingerprint density at radius 1 is 1.24 bits per heavy atom. The first-order valence-corrected chi connectivity index (χ1v) is 7.91. The third-order valence-corrected chi connectivity index (χ3v) is 4.59. The predicted octanol–water partition coefficient (Wildman–Crippen LogP) is 2.79. The van der Waals surface area contributed by atoms with Gasteiger partial charge in [-0.05, 0) is 55.7 Å². The maximum absolute atomic E-state index is 12.3. The average molecular weight is 309 g/mol. The molecule has 1 aliphatic carbocycles. The molecule has 1 heterocycles. The highest BCUT2D eigenvalue weighted by atomic mass is 35.5. The summed E-state index contributed by atoms with van der Waals surface area (Å²) in [6.07, 6.45) is 6.44. The summed E-state index contributed by atoms with van der Waals surface area (Å²) in [6.45, 7) is 2.01. The second kappa shape index (κ2) is 7.81. The molecule has 2 atom stereocenters. The first-order chi connectivity index (χ1) is 9.83. The summed E-state index contributed by atoms with van der Waals surface area (Å²) in [5.74, 6) is 0.636. The van der Waals surface area contributed by atoms with Crippen molar-refractivity contribution < 1.29 is 4.79 Å². The lowest BCUT2D eigenvalue weighted by atomic mass is 9.81. The maximum Gasteiger partial charge on any atom is 0.220 e. The molecule has 1 amide bonds. The van der Waals surface area contributed by atoms with Crippen molar-refractivity contribution in [1.29, 1.82) is 0 Å². The van der Waals surface area contributed by atoms with Gasteiger partial charge in [-0.2, -0.15) is 0 Å². The summed E-state index contributed by atoms with van der Waals surface area (Å²) < 4.78 is 0. The molecule has 21 heavy (non-hydrogen) atoms. The minimum atomic E-state index is 0. The van der Waals surface area contributed by atoms with Gasteiger partial charge in [0.05, 0.1) is 0 Å². The van der Waals surface area contributed by atoms with Gasteiger partial charge in [-0.15, -0.1) is 12.4 Å². The van der Waals surface area contributed by atoms with E-state index in [1.54, 1.807) is 0 Å². The lowest BCUT2D eigenvalue weighted by Crippen LogP contribution is -2.45. The summed E-state index contributed by atoms with van der Waals surface area (Å²) in [5.41, 5.74) is 2.84. The molecule has 1 saturated heterocycles. The van der Waals surface area contributed by atoms with Crippen LogP contribution in [0.2, 0.25) is 0 Å². The van der Waals surface area contributed by atoms with Crippen LogP contribution < -0.4 is 10.6 Å². The molecular weight excluding hydrogens is 284 g/mol. The fourth-order valence-electron chi connectivity index (χ4n) is 3.55. The lowest BCUT2D eigenvalue weighted by molar-refractivity contribution is -0.122. The number of nitrogens with one attached hydrogen (secondary N) is 2. The van der Waals surface area contributed by atoms with Crippen molar-refractivity contribution in [1.82, 2.24) is 10.6 Å². The topological polar surface area (TPSA) is 41.1 Å². The number of rotatable bonds is 3. The Morgan fingerprint density at radius 2 is 2.10 bits per heavy atom. The third kappa shape index (κ3) is 4.21. The Morgan fingerprint density at radius 3 is 2.90 bits per heavy atom. The molecule has 3 rings (SSSR count). The SMILES string of the molecule is Cl.O=C(CC1CCCc2ccccc21)NC1CCCNC1. The Hall–Kier alpha value is -1.06. The Kier molecular flexibility index (Phi) is 6.07. The molecule has 2 aliphatic rings. The van der Waals surface area contributed by atoms with E-state index in [4.69, 9.17) is 0 Å². The van der Waals surface area contributed by atoms with Crippen LogP contribution in [0.15, 0.2) is 24.3 Å². The Labute approximate surface area is 133 Å². The highest BCUT2D eigenvalue weighted by molar-refractivity contribution is 5.85. The van der Waals surface area contributed by atoms with Gasteiger partial charge >= 0.3 is 0 Å². The molecule has 116 valence electrons. The van der Waals surface area contributed by atoms with E-state index < -0.39 is 0 Å². The maximum atomic E-state index is 12.3. The van der Waals surface area contributed by atoms with Crippen LogP contribution in [0.1, 0.15) is 49.1 Å². The van der Waals surface area contributed by atoms with Gasteiger partial charge in [0.2, 0.25) is 5.91 Å². The highest BCUT2D eigenvalue weighted by Crippen LogP contribution is 2.33. The summed E-state index contributed by atoms with van der Waals surface area (Å²) in [7, 11) is 0. The van der Waals surface area contributed by atoms with Gasteiger partial charge < -0.3 is 10.6 Å². The van der Waals surface area contributed by atoms with Crippen molar-refractivity contribution >= 4 is 18.3 Å². The van der Waals surface area contributed by atoms with E-state index in [0.29, 0.717) is 18.4 Å². The third-order valence-electron chi connectivity index (χ3n) is 4.59. The molecule has 1 aliphatic heterocycles. The first kappa shape index (κ1) is 16.3. The molecule has 4 heteroatoms. The van der Waals surface area contributed by atoms with Crippen molar-refractivity contribution in [3.05, 3.63) is 35.4 Å². The van der Waals surface area contributed by atoms with Gasteiger partial charge in [-0.25, -0.2) is 0 Å². The van der Waals surface area contributed by atoms with Gasteiger partial charge in [0, 0.05) is 19.0 Å². The number of hydrogen-bond acceptors (Lipinski definition) is 2. The van der Waals surface area contributed by atoms with Crippen LogP contribution in [0.3, 0.4) is 0 Å². The number of piperidine rings is 1. The van der Waals surface area contributed by atoms with E-state index in [1.165, 1.54) is 24.0 Å². The van der Waals surface area contributed by atoms with Crippen LogP contribution in [0, 0.1) is 0 Å². The zero-order valence-electron chi connectivity index (χ0n) is 12.4. The van der Waals surface area contributed by atoms with Gasteiger partial charge in [-0.1, -0.05) is 24.3 Å². The molecule has 0 bridgehead atoms. The zero-order chi connectivity index (χ0) is 13.8. The lowest BCUT2D eigenvalue weighted by Gasteiger charge is -2.27. The van der Waals surface area contributed by atoms with Crippen LogP contribution in [-0.4, -0.2) is 25.0 Å². The fraction of sp³-hybridized carbons (Fsp3) is 0.588. The van der Waals surface area contributed by atoms with E-state index in [9.17, 15) is 4.79 Å². The predicted molar refractivity (Wildman–Crippen MR) is 88.0 cm³/mol. The summed E-state index contributed by atoms with van der Waals surface area (Å²) >= 11 is 0. The fourth-order valence-corrected chi connectivity index (χ4v) is 3.55. The molecule has 2 unspecified atom stereocenters. The number of fused-ring (bicyclic) bond motifs is 1. The van der Waals surface area contributed by atoms with E-state index in [0.717, 1.165) is 32.4 Å². The molecule has 1 aromatic rings. The van der Waals surface area contributed by atoms with E-state index in [-0.39, 0.29) is 18.3 Å². The van der Waals surface area contributed by atoms with Crippen molar-refractivity contribution in [2.75, 3.05) is 13.1 Å². The normalized spacial score (nSPS) is 24.6. The van der Waals surface area contributed by atoms with Gasteiger partial charge in [0.15, 0.2) is 0 Å². The number of carbonyl (C=O) groups excluding carboxylic acids is 1. The van der Waals surface area contributed by atoms with Gasteiger partial charge in [0.25, 0.3) is 0 Å². The van der Waals surface area contributed by atoms with E-state index in [2.05, 4.69) is 34.9 Å². The number of amides is 1. The first-order valence-electron chi connectivity index (χ1n) is 7.91. The van der Waals surface area contributed by atoms with Crippen LogP contribution in [0.4, 0.5) is 0 Å². The number of hydrogen-bond donors (Lipinski definition) is 2. The minimum absolute atomic E-state index is 0. The summed E-state index contributed by atoms with van der Waals surface area (Å²) in [4.78, 5) is 12.3. The summed E-state index contributed by atoms with van der Waals surface area (Å²) in [6, 6.07) is 8.95. The van der Waals surface area contributed by atoms with Crippen molar-refractivity contribution in [2.24, 2.45) is 0 Å². The Balaban J connectivity index is 0.00000161. The number of carbonyl (C=O) groups is 1. The second-order valence-electron chi connectivity index (χ2n) is 6.10. The van der Waals surface area contributed by atoms with Crippen molar-refractivity contribution in [3.63, 3.8) is 0 Å². The number of benzene rings is 1. The van der Waals surface area contributed by atoms with Gasteiger partial charge in [-0.3, -0.25) is 4.79 Å².